The van der Waals surface area contributed by atoms with Crippen molar-refractivity contribution in [1.82, 2.24) is 0 Å². The molecule has 2 heteroatoms. The topological polar surface area (TPSA) is 6.48 Å². The second-order valence-electron chi connectivity index (χ2n) is 9.36. The highest BCUT2D eigenvalue weighted by Gasteiger charge is 2.14. The number of rotatable bonds is 8. The van der Waals surface area contributed by atoms with Crippen molar-refractivity contribution in [1.29, 1.82) is 0 Å². The minimum atomic E-state index is 0.763. The van der Waals surface area contributed by atoms with Crippen molar-refractivity contribution in [3.63, 3.8) is 0 Å². The van der Waals surface area contributed by atoms with E-state index >= 15 is 0 Å². The summed E-state index contributed by atoms with van der Waals surface area (Å²) in [6.07, 6.45) is 4.58. The normalized spacial score (nSPS) is 11.3. The van der Waals surface area contributed by atoms with E-state index in [1.165, 1.54) is 44.3 Å². The fourth-order valence-electron chi connectivity index (χ4n) is 5.15. The zero-order chi connectivity index (χ0) is 25.6. The minimum Gasteiger partial charge on any atom is -0.338 e. The summed E-state index contributed by atoms with van der Waals surface area (Å²) in [4.78, 5) is 4.78. The van der Waals surface area contributed by atoms with Gasteiger partial charge in [-0.2, -0.15) is 0 Å². The van der Waals surface area contributed by atoms with Crippen LogP contribution < -0.4 is 9.80 Å². The molecular formula is C36H30N2. The van der Waals surface area contributed by atoms with Crippen LogP contribution in [0, 0.1) is 0 Å². The van der Waals surface area contributed by atoms with Gasteiger partial charge in [-0.25, -0.2) is 0 Å². The molecule has 0 unspecified atom stereocenters. The van der Waals surface area contributed by atoms with Gasteiger partial charge in [0, 0.05) is 46.6 Å². The van der Waals surface area contributed by atoms with Crippen LogP contribution in [0.4, 0.5) is 22.7 Å². The number of fused-ring (bicyclic) bond motifs is 2. The van der Waals surface area contributed by atoms with E-state index in [9.17, 15) is 0 Å². The average Bonchev–Trinajstić information content (AvgIpc) is 3.00. The van der Waals surface area contributed by atoms with Crippen molar-refractivity contribution in [3.8, 4) is 0 Å². The lowest BCUT2D eigenvalue weighted by molar-refractivity contribution is 1.07. The lowest BCUT2D eigenvalue weighted by Crippen LogP contribution is -2.19. The molecule has 0 radical (unpaired) electrons. The molecule has 0 aliphatic carbocycles. The molecule has 0 heterocycles. The third-order valence-electron chi connectivity index (χ3n) is 6.99. The summed E-state index contributed by atoms with van der Waals surface area (Å²) in [6, 6.07) is 51.6. The van der Waals surface area contributed by atoms with Crippen LogP contribution in [0.2, 0.25) is 0 Å². The van der Waals surface area contributed by atoms with E-state index in [4.69, 9.17) is 0 Å². The number of hydrogen-bond acceptors (Lipinski definition) is 2. The Morgan fingerprint density at radius 3 is 1.26 bits per heavy atom. The molecule has 0 saturated heterocycles. The Morgan fingerprint density at radius 1 is 0.368 bits per heavy atom. The van der Waals surface area contributed by atoms with Gasteiger partial charge in [0.2, 0.25) is 0 Å². The molecule has 6 rings (SSSR count). The van der Waals surface area contributed by atoms with Crippen molar-refractivity contribution < 1.29 is 0 Å². The Bertz CT molecular complexity index is 1540. The maximum Gasteiger partial charge on any atom is 0.0493 e. The molecule has 0 aromatic heterocycles. The Hall–Kier alpha value is -4.82. The van der Waals surface area contributed by atoms with Gasteiger partial charge < -0.3 is 9.80 Å². The Balaban J connectivity index is 1.36. The molecule has 0 bridgehead atoms. The Labute approximate surface area is 224 Å². The molecule has 0 N–H and O–H groups in total. The van der Waals surface area contributed by atoms with Crippen LogP contribution in [0.15, 0.2) is 158 Å². The number of hydrogen-bond donors (Lipinski definition) is 0. The molecular weight excluding hydrogens is 460 g/mol. The van der Waals surface area contributed by atoms with E-state index in [-0.39, 0.29) is 0 Å². The standard InChI is InChI=1S/C36H30N2/c1-3-19-31(20-4-1)37(32-21-5-2-6-22-32)27-11-12-28-38(35-25-13-17-29-15-7-9-23-33(29)35)36-26-14-18-30-16-8-10-24-34(30)36/h1-26H,27-28H2. The summed E-state index contributed by atoms with van der Waals surface area (Å²) in [5.41, 5.74) is 4.80. The van der Waals surface area contributed by atoms with Gasteiger partial charge in [0.1, 0.15) is 0 Å². The van der Waals surface area contributed by atoms with Crippen molar-refractivity contribution in [3.05, 3.63) is 158 Å². The summed E-state index contributed by atoms with van der Waals surface area (Å²) in [6.45, 7) is 1.55. The molecule has 0 spiro atoms. The largest absolute Gasteiger partial charge is 0.338 e. The lowest BCUT2D eigenvalue weighted by Gasteiger charge is -2.27. The number of anilines is 4. The van der Waals surface area contributed by atoms with E-state index < -0.39 is 0 Å². The van der Waals surface area contributed by atoms with Crippen molar-refractivity contribution in [2.24, 2.45) is 0 Å². The van der Waals surface area contributed by atoms with E-state index in [1.807, 2.05) is 0 Å². The highest BCUT2D eigenvalue weighted by Crippen LogP contribution is 2.36. The zero-order valence-corrected chi connectivity index (χ0v) is 21.3. The predicted molar refractivity (Wildman–Crippen MR) is 164 cm³/mol. The van der Waals surface area contributed by atoms with Gasteiger partial charge in [-0.3, -0.25) is 0 Å². The highest BCUT2D eigenvalue weighted by molar-refractivity contribution is 6.01. The molecule has 0 fully saturated rings. The summed E-state index contributed by atoms with van der Waals surface area (Å²) in [5.74, 6) is 0. The van der Waals surface area contributed by atoms with Crippen LogP contribution in [0.3, 0.4) is 0 Å². The predicted octanol–water partition coefficient (Wildman–Crippen LogP) is 9.53. The smallest absolute Gasteiger partial charge is 0.0493 e. The lowest BCUT2D eigenvalue weighted by atomic mass is 10.0. The third kappa shape index (κ3) is 4.89. The minimum absolute atomic E-state index is 0.763. The fraction of sp³-hybridized carbons (Fsp3) is 0.0556. The van der Waals surface area contributed by atoms with Crippen LogP contribution >= 0.6 is 0 Å². The number of benzene rings is 6. The molecule has 6 aromatic rings. The molecule has 0 aliphatic rings. The zero-order valence-electron chi connectivity index (χ0n) is 21.3. The Morgan fingerprint density at radius 2 is 0.763 bits per heavy atom. The fourth-order valence-corrected chi connectivity index (χ4v) is 5.15. The van der Waals surface area contributed by atoms with Crippen LogP contribution in [0.1, 0.15) is 0 Å². The van der Waals surface area contributed by atoms with Crippen molar-refractivity contribution in [2.75, 3.05) is 22.9 Å². The van der Waals surface area contributed by atoms with Gasteiger partial charge >= 0.3 is 0 Å². The third-order valence-corrected chi connectivity index (χ3v) is 6.99. The van der Waals surface area contributed by atoms with Gasteiger partial charge in [-0.1, -0.05) is 121 Å². The first-order chi connectivity index (χ1) is 18.9. The first-order valence-electron chi connectivity index (χ1n) is 13.1. The Kier molecular flexibility index (Phi) is 6.86. The summed E-state index contributed by atoms with van der Waals surface area (Å²) in [7, 11) is 0. The molecule has 0 aliphatic heterocycles. The van der Waals surface area contributed by atoms with Gasteiger partial charge in [-0.15, -0.1) is 0 Å². The SMILES string of the molecule is C(=CCN(c1cccc2ccccc12)c1cccc2ccccc12)CN(c1ccccc1)c1ccccc1. The van der Waals surface area contributed by atoms with Crippen LogP contribution in [0.25, 0.3) is 21.5 Å². The summed E-state index contributed by atoms with van der Waals surface area (Å²) in [5, 5.41) is 5.01. The first-order valence-corrected chi connectivity index (χ1v) is 13.1. The molecule has 0 atom stereocenters. The maximum absolute atomic E-state index is 2.44. The molecule has 6 aromatic carbocycles. The van der Waals surface area contributed by atoms with E-state index in [2.05, 4.69) is 168 Å². The van der Waals surface area contributed by atoms with E-state index in [0.717, 1.165) is 13.1 Å². The molecule has 38 heavy (non-hydrogen) atoms. The monoisotopic (exact) mass is 490 g/mol. The van der Waals surface area contributed by atoms with Crippen LogP contribution in [0.5, 0.6) is 0 Å². The van der Waals surface area contributed by atoms with Gasteiger partial charge in [0.05, 0.1) is 0 Å². The maximum atomic E-state index is 2.44. The highest BCUT2D eigenvalue weighted by atomic mass is 15.1. The van der Waals surface area contributed by atoms with E-state index in [0.29, 0.717) is 0 Å². The number of para-hydroxylation sites is 2. The number of nitrogens with zero attached hydrogens (tertiary/aromatic N) is 2. The molecule has 184 valence electrons. The van der Waals surface area contributed by atoms with Gasteiger partial charge in [0.25, 0.3) is 0 Å². The van der Waals surface area contributed by atoms with Crippen LogP contribution in [-0.4, -0.2) is 13.1 Å². The summed E-state index contributed by atoms with van der Waals surface area (Å²) < 4.78 is 0. The first kappa shape index (κ1) is 23.6. The summed E-state index contributed by atoms with van der Waals surface area (Å²) >= 11 is 0. The molecule has 0 amide bonds. The van der Waals surface area contributed by atoms with E-state index in [1.54, 1.807) is 0 Å². The quantitative estimate of drug-likeness (QED) is 0.196. The molecule has 2 nitrogen and oxygen atoms in total. The van der Waals surface area contributed by atoms with Crippen LogP contribution in [-0.2, 0) is 0 Å². The average molecular weight is 491 g/mol. The second kappa shape index (κ2) is 11.1. The van der Waals surface area contributed by atoms with Gasteiger partial charge in [0.15, 0.2) is 0 Å². The van der Waals surface area contributed by atoms with Crippen molar-refractivity contribution in [2.45, 2.75) is 0 Å². The van der Waals surface area contributed by atoms with Gasteiger partial charge in [-0.05, 0) is 47.2 Å². The second-order valence-corrected chi connectivity index (χ2v) is 9.36. The molecule has 0 saturated carbocycles. The van der Waals surface area contributed by atoms with Crippen molar-refractivity contribution >= 4 is 44.3 Å².